The average molecular weight is 284 g/mol. The van der Waals surface area contributed by atoms with Crippen molar-refractivity contribution < 1.29 is 4.79 Å². The molecule has 0 spiro atoms. The molecule has 110 valence electrons. The fourth-order valence-electron chi connectivity index (χ4n) is 1.93. The predicted octanol–water partition coefficient (Wildman–Crippen LogP) is 2.53. The zero-order chi connectivity index (χ0) is 15.1. The average Bonchev–Trinajstić information content (AvgIpc) is 2.54. The standard InChI is InChI=1S/C16H20N4O/c1-20(13-6-3-2-4-7-13)14-9-10-15(18-12-14)19-16(21)8-5-11-17/h2-4,6-7,9-10,12H,5,8,11,17H2,1H3,(H,18,19,21). The van der Waals surface area contributed by atoms with Crippen molar-refractivity contribution in [3.63, 3.8) is 0 Å². The van der Waals surface area contributed by atoms with E-state index in [1.807, 2.05) is 48.3 Å². The van der Waals surface area contributed by atoms with Crippen molar-refractivity contribution >= 4 is 23.1 Å². The van der Waals surface area contributed by atoms with Gasteiger partial charge in [0.2, 0.25) is 5.91 Å². The van der Waals surface area contributed by atoms with Gasteiger partial charge in [-0.25, -0.2) is 4.98 Å². The van der Waals surface area contributed by atoms with Crippen molar-refractivity contribution in [1.29, 1.82) is 0 Å². The second-order valence-corrected chi connectivity index (χ2v) is 4.74. The van der Waals surface area contributed by atoms with Crippen molar-refractivity contribution in [3.05, 3.63) is 48.7 Å². The van der Waals surface area contributed by atoms with Gasteiger partial charge < -0.3 is 16.0 Å². The number of anilines is 3. The molecule has 0 radical (unpaired) electrons. The van der Waals surface area contributed by atoms with E-state index in [-0.39, 0.29) is 5.91 Å². The van der Waals surface area contributed by atoms with Gasteiger partial charge in [0.1, 0.15) is 5.82 Å². The van der Waals surface area contributed by atoms with E-state index in [0.717, 1.165) is 11.4 Å². The summed E-state index contributed by atoms with van der Waals surface area (Å²) < 4.78 is 0. The van der Waals surface area contributed by atoms with Gasteiger partial charge in [0.15, 0.2) is 0 Å². The molecule has 0 unspecified atom stereocenters. The summed E-state index contributed by atoms with van der Waals surface area (Å²) in [7, 11) is 1.98. The Hall–Kier alpha value is -2.40. The molecule has 5 nitrogen and oxygen atoms in total. The van der Waals surface area contributed by atoms with Gasteiger partial charge in [0.25, 0.3) is 0 Å². The molecular formula is C16H20N4O. The molecule has 1 heterocycles. The van der Waals surface area contributed by atoms with Crippen molar-refractivity contribution in [3.8, 4) is 0 Å². The largest absolute Gasteiger partial charge is 0.343 e. The van der Waals surface area contributed by atoms with Gasteiger partial charge in [-0.3, -0.25) is 4.79 Å². The highest BCUT2D eigenvalue weighted by atomic mass is 16.1. The molecule has 1 aromatic heterocycles. The van der Waals surface area contributed by atoms with E-state index in [4.69, 9.17) is 5.73 Å². The third kappa shape index (κ3) is 4.29. The number of hydrogen-bond donors (Lipinski definition) is 2. The van der Waals surface area contributed by atoms with E-state index in [2.05, 4.69) is 10.3 Å². The smallest absolute Gasteiger partial charge is 0.225 e. The van der Waals surface area contributed by atoms with Gasteiger partial charge in [-0.15, -0.1) is 0 Å². The molecule has 0 fully saturated rings. The Morgan fingerprint density at radius 2 is 1.95 bits per heavy atom. The number of amides is 1. The first kappa shape index (κ1) is 15.0. The summed E-state index contributed by atoms with van der Waals surface area (Å²) in [5.41, 5.74) is 7.42. The highest BCUT2D eigenvalue weighted by Crippen LogP contribution is 2.22. The summed E-state index contributed by atoms with van der Waals surface area (Å²) in [6, 6.07) is 13.8. The highest BCUT2D eigenvalue weighted by Gasteiger charge is 2.06. The summed E-state index contributed by atoms with van der Waals surface area (Å²) in [6.07, 6.45) is 2.84. The second-order valence-electron chi connectivity index (χ2n) is 4.74. The molecule has 0 aliphatic carbocycles. The molecule has 0 saturated heterocycles. The zero-order valence-electron chi connectivity index (χ0n) is 12.1. The van der Waals surface area contributed by atoms with E-state index in [9.17, 15) is 4.79 Å². The van der Waals surface area contributed by atoms with Crippen LogP contribution in [0, 0.1) is 0 Å². The topological polar surface area (TPSA) is 71.2 Å². The molecule has 2 rings (SSSR count). The van der Waals surface area contributed by atoms with Crippen LogP contribution in [0.4, 0.5) is 17.2 Å². The number of aromatic nitrogens is 1. The van der Waals surface area contributed by atoms with Crippen molar-refractivity contribution in [1.82, 2.24) is 4.98 Å². The van der Waals surface area contributed by atoms with Crippen LogP contribution in [0.1, 0.15) is 12.8 Å². The van der Waals surface area contributed by atoms with Crippen LogP contribution in [-0.4, -0.2) is 24.5 Å². The Morgan fingerprint density at radius 3 is 2.57 bits per heavy atom. The van der Waals surface area contributed by atoms with Gasteiger partial charge in [-0.05, 0) is 37.2 Å². The van der Waals surface area contributed by atoms with Gasteiger partial charge in [-0.1, -0.05) is 18.2 Å². The second kappa shape index (κ2) is 7.40. The maximum atomic E-state index is 11.6. The maximum Gasteiger partial charge on any atom is 0.225 e. The Morgan fingerprint density at radius 1 is 1.19 bits per heavy atom. The molecule has 0 aliphatic heterocycles. The number of para-hydroxylation sites is 1. The molecule has 21 heavy (non-hydrogen) atoms. The fraction of sp³-hybridized carbons (Fsp3) is 0.250. The number of nitrogens with zero attached hydrogens (tertiary/aromatic N) is 2. The summed E-state index contributed by atoms with van der Waals surface area (Å²) >= 11 is 0. The lowest BCUT2D eigenvalue weighted by molar-refractivity contribution is -0.116. The summed E-state index contributed by atoms with van der Waals surface area (Å²) in [5.74, 6) is 0.499. The number of carbonyl (C=O) groups is 1. The zero-order valence-corrected chi connectivity index (χ0v) is 12.1. The molecule has 0 saturated carbocycles. The number of benzene rings is 1. The number of nitrogens with one attached hydrogen (secondary N) is 1. The van der Waals surface area contributed by atoms with Crippen LogP contribution in [0.5, 0.6) is 0 Å². The van der Waals surface area contributed by atoms with Crippen LogP contribution in [0.3, 0.4) is 0 Å². The Bertz CT molecular complexity index is 569. The van der Waals surface area contributed by atoms with Crippen molar-refractivity contribution in [2.24, 2.45) is 5.73 Å². The minimum Gasteiger partial charge on any atom is -0.343 e. The number of hydrogen-bond acceptors (Lipinski definition) is 4. The monoisotopic (exact) mass is 284 g/mol. The summed E-state index contributed by atoms with van der Waals surface area (Å²) in [5, 5.41) is 2.76. The van der Waals surface area contributed by atoms with E-state index in [1.165, 1.54) is 0 Å². The summed E-state index contributed by atoms with van der Waals surface area (Å²) in [4.78, 5) is 17.9. The Kier molecular flexibility index (Phi) is 5.29. The van der Waals surface area contributed by atoms with Crippen LogP contribution in [-0.2, 0) is 4.79 Å². The molecule has 5 heteroatoms. The van der Waals surface area contributed by atoms with E-state index >= 15 is 0 Å². The minimum atomic E-state index is -0.0582. The molecule has 0 aliphatic rings. The van der Waals surface area contributed by atoms with Gasteiger partial charge >= 0.3 is 0 Å². The molecule has 0 atom stereocenters. The Balaban J connectivity index is 2.00. The van der Waals surface area contributed by atoms with Gasteiger partial charge in [0, 0.05) is 19.2 Å². The quantitative estimate of drug-likeness (QED) is 0.855. The lowest BCUT2D eigenvalue weighted by Gasteiger charge is -2.19. The molecule has 3 N–H and O–H groups in total. The number of pyridine rings is 1. The van der Waals surface area contributed by atoms with E-state index in [1.54, 1.807) is 12.3 Å². The third-order valence-corrected chi connectivity index (χ3v) is 3.15. The number of carbonyl (C=O) groups excluding carboxylic acids is 1. The lowest BCUT2D eigenvalue weighted by Crippen LogP contribution is -2.15. The third-order valence-electron chi connectivity index (χ3n) is 3.15. The van der Waals surface area contributed by atoms with Crippen LogP contribution in [0.2, 0.25) is 0 Å². The van der Waals surface area contributed by atoms with Crippen molar-refractivity contribution in [2.45, 2.75) is 12.8 Å². The molecule has 0 bridgehead atoms. The van der Waals surface area contributed by atoms with E-state index in [0.29, 0.717) is 25.2 Å². The molecule has 1 aromatic carbocycles. The van der Waals surface area contributed by atoms with Crippen LogP contribution in [0.25, 0.3) is 0 Å². The number of rotatable bonds is 6. The first-order valence-corrected chi connectivity index (χ1v) is 6.95. The highest BCUT2D eigenvalue weighted by molar-refractivity contribution is 5.89. The van der Waals surface area contributed by atoms with Crippen LogP contribution < -0.4 is 16.0 Å². The van der Waals surface area contributed by atoms with Gasteiger partial charge in [-0.2, -0.15) is 0 Å². The van der Waals surface area contributed by atoms with Crippen molar-refractivity contribution in [2.75, 3.05) is 23.8 Å². The predicted molar refractivity (Wildman–Crippen MR) is 85.7 cm³/mol. The molecule has 1 amide bonds. The number of nitrogens with two attached hydrogens (primary N) is 1. The maximum absolute atomic E-state index is 11.6. The SMILES string of the molecule is CN(c1ccccc1)c1ccc(NC(=O)CCCN)nc1. The first-order valence-electron chi connectivity index (χ1n) is 6.95. The fourth-order valence-corrected chi connectivity index (χ4v) is 1.93. The van der Waals surface area contributed by atoms with Crippen LogP contribution in [0.15, 0.2) is 48.7 Å². The van der Waals surface area contributed by atoms with Crippen LogP contribution >= 0.6 is 0 Å². The lowest BCUT2D eigenvalue weighted by atomic mass is 10.2. The molecule has 2 aromatic rings. The van der Waals surface area contributed by atoms with Gasteiger partial charge in [0.05, 0.1) is 11.9 Å². The first-order chi connectivity index (χ1) is 10.2. The normalized spacial score (nSPS) is 10.2. The Labute approximate surface area is 124 Å². The molecular weight excluding hydrogens is 264 g/mol. The summed E-state index contributed by atoms with van der Waals surface area (Å²) in [6.45, 7) is 0.516. The minimum absolute atomic E-state index is 0.0582. The van der Waals surface area contributed by atoms with E-state index < -0.39 is 0 Å².